The fraction of sp³-hybridized carbons (Fsp3) is 0.190. The van der Waals surface area contributed by atoms with Crippen LogP contribution in [-0.4, -0.2) is 36.6 Å². The molecular formula is C21H22N4O3. The number of carbonyl (C=O) groups excluding carboxylic acids is 1. The van der Waals surface area contributed by atoms with Gasteiger partial charge in [0, 0.05) is 18.3 Å². The van der Waals surface area contributed by atoms with Gasteiger partial charge in [0.2, 0.25) is 0 Å². The van der Waals surface area contributed by atoms with Crippen LogP contribution >= 0.6 is 0 Å². The third-order valence-electron chi connectivity index (χ3n) is 4.14. The number of carbonyl (C=O) groups is 1. The summed E-state index contributed by atoms with van der Waals surface area (Å²) in [7, 11) is 3.25. The van der Waals surface area contributed by atoms with Crippen molar-refractivity contribution >= 4 is 17.4 Å². The summed E-state index contributed by atoms with van der Waals surface area (Å²) in [6.07, 6.45) is 2.13. The minimum absolute atomic E-state index is 0.283. The quantitative estimate of drug-likeness (QED) is 0.625. The molecule has 0 unspecified atom stereocenters. The Morgan fingerprint density at radius 3 is 2.54 bits per heavy atom. The van der Waals surface area contributed by atoms with Crippen molar-refractivity contribution in [3.63, 3.8) is 0 Å². The Balaban J connectivity index is 1.59. The zero-order valence-corrected chi connectivity index (χ0v) is 15.8. The molecule has 1 heterocycles. The molecule has 0 atom stereocenters. The highest BCUT2D eigenvalue weighted by molar-refractivity contribution is 6.03. The lowest BCUT2D eigenvalue weighted by atomic mass is 10.1. The summed E-state index contributed by atoms with van der Waals surface area (Å²) in [6.45, 7) is 0.650. The maximum Gasteiger partial charge on any atom is 0.274 e. The van der Waals surface area contributed by atoms with Crippen LogP contribution in [0, 0.1) is 0 Å². The van der Waals surface area contributed by atoms with Gasteiger partial charge in [-0.2, -0.15) is 0 Å². The summed E-state index contributed by atoms with van der Waals surface area (Å²) in [6, 6.07) is 16.6. The van der Waals surface area contributed by atoms with E-state index >= 15 is 0 Å². The number of rotatable bonds is 8. The molecule has 0 saturated carbocycles. The van der Waals surface area contributed by atoms with Crippen LogP contribution in [0.5, 0.6) is 11.5 Å². The normalized spacial score (nSPS) is 10.2. The molecule has 7 heteroatoms. The first-order valence-electron chi connectivity index (χ1n) is 8.83. The van der Waals surface area contributed by atoms with Crippen molar-refractivity contribution in [1.82, 2.24) is 9.97 Å². The number of hydrogen-bond donors (Lipinski definition) is 2. The van der Waals surface area contributed by atoms with Crippen LogP contribution < -0.4 is 20.1 Å². The van der Waals surface area contributed by atoms with Crippen molar-refractivity contribution in [1.29, 1.82) is 0 Å². The number of nitrogens with zero attached hydrogens (tertiary/aromatic N) is 2. The van der Waals surface area contributed by atoms with Gasteiger partial charge in [0.25, 0.3) is 5.91 Å². The molecule has 7 nitrogen and oxygen atoms in total. The van der Waals surface area contributed by atoms with Crippen molar-refractivity contribution in [2.24, 2.45) is 0 Å². The first-order valence-corrected chi connectivity index (χ1v) is 8.83. The monoisotopic (exact) mass is 378 g/mol. The van der Waals surface area contributed by atoms with Crippen LogP contribution in [0.2, 0.25) is 0 Å². The highest BCUT2D eigenvalue weighted by Crippen LogP contribution is 2.18. The molecule has 0 saturated heterocycles. The summed E-state index contributed by atoms with van der Waals surface area (Å²) in [5.41, 5.74) is 2.05. The molecule has 0 spiro atoms. The number of anilines is 2. The Hall–Kier alpha value is -3.61. The number of aromatic nitrogens is 2. The van der Waals surface area contributed by atoms with E-state index in [0.29, 0.717) is 18.1 Å². The number of amides is 1. The van der Waals surface area contributed by atoms with Crippen molar-refractivity contribution in [3.8, 4) is 11.5 Å². The van der Waals surface area contributed by atoms with E-state index in [0.717, 1.165) is 23.5 Å². The molecule has 2 N–H and O–H groups in total. The molecule has 144 valence electrons. The largest absolute Gasteiger partial charge is 0.497 e. The van der Waals surface area contributed by atoms with E-state index in [1.165, 1.54) is 6.33 Å². The van der Waals surface area contributed by atoms with Gasteiger partial charge in [0.05, 0.1) is 14.2 Å². The van der Waals surface area contributed by atoms with Gasteiger partial charge in [-0.05, 0) is 42.3 Å². The minimum atomic E-state index is -0.305. The molecule has 0 fully saturated rings. The molecule has 0 aliphatic rings. The van der Waals surface area contributed by atoms with Crippen LogP contribution in [0.25, 0.3) is 0 Å². The van der Waals surface area contributed by atoms with Gasteiger partial charge in [0.15, 0.2) is 0 Å². The molecule has 2 aromatic carbocycles. The lowest BCUT2D eigenvalue weighted by molar-refractivity contribution is 0.102. The van der Waals surface area contributed by atoms with Crippen molar-refractivity contribution < 1.29 is 14.3 Å². The fourth-order valence-corrected chi connectivity index (χ4v) is 2.68. The second-order valence-electron chi connectivity index (χ2n) is 5.96. The molecule has 0 aliphatic heterocycles. The molecule has 3 rings (SSSR count). The lowest BCUT2D eigenvalue weighted by Gasteiger charge is -2.10. The molecular weight excluding hydrogens is 356 g/mol. The Labute approximate surface area is 163 Å². The van der Waals surface area contributed by atoms with Gasteiger partial charge >= 0.3 is 0 Å². The minimum Gasteiger partial charge on any atom is -0.497 e. The van der Waals surface area contributed by atoms with E-state index in [4.69, 9.17) is 9.47 Å². The summed E-state index contributed by atoms with van der Waals surface area (Å²) in [5.74, 6) is 1.86. The lowest BCUT2D eigenvalue weighted by Crippen LogP contribution is -2.15. The summed E-state index contributed by atoms with van der Waals surface area (Å²) >= 11 is 0. The van der Waals surface area contributed by atoms with E-state index in [-0.39, 0.29) is 11.6 Å². The number of nitrogens with one attached hydrogen (secondary N) is 2. The number of hydrogen-bond acceptors (Lipinski definition) is 6. The molecule has 3 aromatic rings. The maximum atomic E-state index is 12.4. The second-order valence-corrected chi connectivity index (χ2v) is 5.96. The topological polar surface area (TPSA) is 85.4 Å². The average molecular weight is 378 g/mol. The average Bonchev–Trinajstić information content (AvgIpc) is 2.75. The van der Waals surface area contributed by atoms with E-state index in [2.05, 4.69) is 20.6 Å². The van der Waals surface area contributed by atoms with E-state index in [1.54, 1.807) is 44.6 Å². The standard InChI is InChI=1S/C21H22N4O3/c1-27-17-9-7-16(8-10-17)25-21(26)18-13-20(24-14-23-18)22-12-11-15-5-3-4-6-19(15)28-2/h3-10,13-14H,11-12H2,1-2H3,(H,25,26)(H,22,23,24). The third kappa shape index (κ3) is 4.97. The Morgan fingerprint density at radius 2 is 1.79 bits per heavy atom. The third-order valence-corrected chi connectivity index (χ3v) is 4.14. The highest BCUT2D eigenvalue weighted by Gasteiger charge is 2.10. The van der Waals surface area contributed by atoms with Crippen LogP contribution in [-0.2, 0) is 6.42 Å². The molecule has 0 bridgehead atoms. The molecule has 0 radical (unpaired) electrons. The molecule has 0 aliphatic carbocycles. The number of para-hydroxylation sites is 1. The van der Waals surface area contributed by atoms with Crippen molar-refractivity contribution in [3.05, 3.63) is 72.2 Å². The predicted molar refractivity (Wildman–Crippen MR) is 108 cm³/mol. The van der Waals surface area contributed by atoms with Crippen LogP contribution in [0.1, 0.15) is 16.1 Å². The first kappa shape index (κ1) is 19.2. The summed E-state index contributed by atoms with van der Waals surface area (Å²) in [4.78, 5) is 20.7. The SMILES string of the molecule is COc1ccc(NC(=O)c2cc(NCCc3ccccc3OC)ncn2)cc1. The van der Waals surface area contributed by atoms with Gasteiger partial charge in [-0.25, -0.2) is 9.97 Å². The van der Waals surface area contributed by atoms with Gasteiger partial charge in [0.1, 0.15) is 29.3 Å². The van der Waals surface area contributed by atoms with Crippen molar-refractivity contribution in [2.75, 3.05) is 31.4 Å². The zero-order valence-electron chi connectivity index (χ0n) is 15.8. The molecule has 28 heavy (non-hydrogen) atoms. The Kier molecular flexibility index (Phi) is 6.41. The van der Waals surface area contributed by atoms with E-state index < -0.39 is 0 Å². The number of benzene rings is 2. The predicted octanol–water partition coefficient (Wildman–Crippen LogP) is 3.40. The molecule has 1 amide bonds. The second kappa shape index (κ2) is 9.36. The Morgan fingerprint density at radius 1 is 1.00 bits per heavy atom. The van der Waals surface area contributed by atoms with Gasteiger partial charge < -0.3 is 20.1 Å². The van der Waals surface area contributed by atoms with Crippen LogP contribution in [0.4, 0.5) is 11.5 Å². The summed E-state index contributed by atoms with van der Waals surface area (Å²) in [5, 5.41) is 6.02. The van der Waals surface area contributed by atoms with Crippen LogP contribution in [0.3, 0.4) is 0 Å². The first-order chi connectivity index (χ1) is 13.7. The maximum absolute atomic E-state index is 12.4. The molecule has 1 aromatic heterocycles. The zero-order chi connectivity index (χ0) is 19.8. The van der Waals surface area contributed by atoms with E-state index in [1.807, 2.05) is 24.3 Å². The van der Waals surface area contributed by atoms with Crippen LogP contribution in [0.15, 0.2) is 60.9 Å². The van der Waals surface area contributed by atoms with Gasteiger partial charge in [-0.15, -0.1) is 0 Å². The van der Waals surface area contributed by atoms with Gasteiger partial charge in [-0.3, -0.25) is 4.79 Å². The fourth-order valence-electron chi connectivity index (χ4n) is 2.68. The Bertz CT molecular complexity index is 929. The van der Waals surface area contributed by atoms with Crippen molar-refractivity contribution in [2.45, 2.75) is 6.42 Å². The van der Waals surface area contributed by atoms with Gasteiger partial charge in [-0.1, -0.05) is 18.2 Å². The smallest absolute Gasteiger partial charge is 0.274 e. The number of methoxy groups -OCH3 is 2. The summed E-state index contributed by atoms with van der Waals surface area (Å²) < 4.78 is 10.5. The highest BCUT2D eigenvalue weighted by atomic mass is 16.5. The number of ether oxygens (including phenoxy) is 2. The van der Waals surface area contributed by atoms with E-state index in [9.17, 15) is 4.79 Å².